The number of ether oxygens (including phenoxy) is 4. The smallest absolute Gasteiger partial charge is 0.365 e. The second kappa shape index (κ2) is 10.9. The Hall–Kier alpha value is -4.74. The van der Waals surface area contributed by atoms with Crippen LogP contribution in [0.3, 0.4) is 0 Å². The summed E-state index contributed by atoms with van der Waals surface area (Å²) in [6.07, 6.45) is 0.897. The molecule has 2 aromatic heterocycles. The molecule has 10 nitrogen and oxygen atoms in total. The third kappa shape index (κ3) is 4.76. The van der Waals surface area contributed by atoms with Gasteiger partial charge in [0.15, 0.2) is 22.7 Å². The minimum absolute atomic E-state index is 0.197. The Kier molecular flexibility index (Phi) is 6.80. The van der Waals surface area contributed by atoms with E-state index in [0.29, 0.717) is 34.8 Å². The lowest BCUT2D eigenvalue weighted by Gasteiger charge is -2.12. The van der Waals surface area contributed by atoms with Gasteiger partial charge in [0.2, 0.25) is 6.79 Å². The van der Waals surface area contributed by atoms with Gasteiger partial charge in [-0.25, -0.2) is 0 Å². The van der Waals surface area contributed by atoms with Crippen molar-refractivity contribution in [3.63, 3.8) is 0 Å². The zero-order valence-electron chi connectivity index (χ0n) is 23.5. The van der Waals surface area contributed by atoms with Gasteiger partial charge in [-0.1, -0.05) is 52.7 Å². The molecule has 6 aromatic rings. The minimum atomic E-state index is 0.197. The second-order valence-electron chi connectivity index (χ2n) is 10.1. The van der Waals surface area contributed by atoms with Crippen molar-refractivity contribution in [3.8, 4) is 45.2 Å². The van der Waals surface area contributed by atoms with E-state index in [1.807, 2.05) is 66.7 Å². The zero-order chi connectivity index (χ0) is 28.6. The molecule has 0 atom stereocenters. The van der Waals surface area contributed by atoms with Crippen molar-refractivity contribution in [3.05, 3.63) is 72.8 Å². The molecule has 212 valence electrons. The highest BCUT2D eigenvalue weighted by molar-refractivity contribution is 7.20. The first-order valence-electron chi connectivity index (χ1n) is 13.6. The third-order valence-corrected chi connectivity index (χ3v) is 7.99. The molecular weight excluding hydrogens is 552 g/mol. The predicted molar refractivity (Wildman–Crippen MR) is 160 cm³/mol. The first-order chi connectivity index (χ1) is 20.6. The van der Waals surface area contributed by atoms with Gasteiger partial charge >= 0.3 is 5.13 Å². The van der Waals surface area contributed by atoms with Crippen LogP contribution in [0.4, 0.5) is 0 Å². The van der Waals surface area contributed by atoms with Crippen LogP contribution in [0.15, 0.2) is 72.8 Å². The molecule has 0 radical (unpaired) electrons. The molecule has 0 spiro atoms. The number of hydrogen-bond donors (Lipinski definition) is 0. The maximum atomic E-state index is 6.26. The molecule has 7 rings (SSSR count). The molecule has 1 aliphatic heterocycles. The lowest BCUT2D eigenvalue weighted by atomic mass is 10.1. The summed E-state index contributed by atoms with van der Waals surface area (Å²) in [6, 6.07) is 23.7. The Morgan fingerprint density at radius 3 is 2.62 bits per heavy atom. The first kappa shape index (κ1) is 26.2. The second-order valence-corrected chi connectivity index (χ2v) is 11.1. The van der Waals surface area contributed by atoms with Crippen LogP contribution in [-0.2, 0) is 0 Å². The van der Waals surface area contributed by atoms with Crippen molar-refractivity contribution in [2.75, 3.05) is 41.1 Å². The number of nitrogens with zero attached hydrogens (tertiary/aromatic N) is 6. The lowest BCUT2D eigenvalue weighted by Crippen LogP contribution is -2.43. The van der Waals surface area contributed by atoms with Gasteiger partial charge in [0.05, 0.1) is 18.4 Å². The van der Waals surface area contributed by atoms with E-state index in [-0.39, 0.29) is 6.79 Å². The number of tetrazole rings is 1. The van der Waals surface area contributed by atoms with Crippen molar-refractivity contribution in [2.24, 2.45) is 0 Å². The summed E-state index contributed by atoms with van der Waals surface area (Å²) < 4.78 is 24.1. The maximum absolute atomic E-state index is 6.26. The number of para-hydroxylation sites is 2. The van der Waals surface area contributed by atoms with Gasteiger partial charge < -0.3 is 23.8 Å². The largest absolute Gasteiger partial charge is 0.496 e. The number of methoxy groups -OCH3 is 1. The Morgan fingerprint density at radius 1 is 0.952 bits per heavy atom. The lowest BCUT2D eigenvalue weighted by molar-refractivity contribution is -0.734. The molecule has 0 saturated carbocycles. The first-order valence-corrected chi connectivity index (χ1v) is 14.4. The van der Waals surface area contributed by atoms with E-state index in [0.717, 1.165) is 51.0 Å². The quantitative estimate of drug-likeness (QED) is 0.173. The molecule has 0 saturated heterocycles. The fourth-order valence-electron chi connectivity index (χ4n) is 4.99. The molecule has 0 bridgehead atoms. The minimum Gasteiger partial charge on any atom is -0.496 e. The Bertz CT molecular complexity index is 1920. The summed E-state index contributed by atoms with van der Waals surface area (Å²) in [4.78, 5) is 10.7. The van der Waals surface area contributed by atoms with E-state index in [4.69, 9.17) is 34.1 Å². The Balaban J connectivity index is 1.38. The SMILES string of the molecule is COc1cc2sc(-[n+]3nc(-c4ccc5c(c4)OCO5)nn3-c3ccccc3OCCCN(C)C)nc2c2ccccc12. The highest BCUT2D eigenvalue weighted by Crippen LogP contribution is 2.37. The van der Waals surface area contributed by atoms with E-state index in [1.165, 1.54) is 11.3 Å². The van der Waals surface area contributed by atoms with Crippen molar-refractivity contribution in [1.29, 1.82) is 0 Å². The fourth-order valence-corrected chi connectivity index (χ4v) is 5.94. The van der Waals surface area contributed by atoms with E-state index in [2.05, 4.69) is 25.1 Å². The van der Waals surface area contributed by atoms with Gasteiger partial charge in [0.1, 0.15) is 11.5 Å². The van der Waals surface area contributed by atoms with Crippen LogP contribution in [0, 0.1) is 0 Å². The van der Waals surface area contributed by atoms with Gasteiger partial charge in [0.25, 0.3) is 5.82 Å². The van der Waals surface area contributed by atoms with Crippen LogP contribution in [-0.4, -0.2) is 66.0 Å². The third-order valence-electron chi connectivity index (χ3n) is 7.02. The van der Waals surface area contributed by atoms with Crippen LogP contribution >= 0.6 is 11.3 Å². The van der Waals surface area contributed by atoms with Crippen molar-refractivity contribution in [2.45, 2.75) is 6.42 Å². The Morgan fingerprint density at radius 2 is 1.76 bits per heavy atom. The molecule has 11 heteroatoms. The molecule has 0 fully saturated rings. The van der Waals surface area contributed by atoms with Crippen LogP contribution < -0.4 is 23.7 Å². The van der Waals surface area contributed by atoms with Crippen LogP contribution in [0.5, 0.6) is 23.0 Å². The summed E-state index contributed by atoms with van der Waals surface area (Å²) in [6.45, 7) is 1.71. The average Bonchev–Trinajstić information content (AvgIpc) is 3.76. The van der Waals surface area contributed by atoms with Gasteiger partial charge in [-0.2, -0.15) is 0 Å². The van der Waals surface area contributed by atoms with Gasteiger partial charge in [0, 0.05) is 34.0 Å². The van der Waals surface area contributed by atoms with Crippen LogP contribution in [0.2, 0.25) is 0 Å². The molecule has 0 N–H and O–H groups in total. The number of rotatable bonds is 9. The summed E-state index contributed by atoms with van der Waals surface area (Å²) in [7, 11) is 5.80. The van der Waals surface area contributed by atoms with Crippen LogP contribution in [0.1, 0.15) is 6.42 Å². The van der Waals surface area contributed by atoms with E-state index in [9.17, 15) is 0 Å². The molecule has 3 heterocycles. The van der Waals surface area contributed by atoms with E-state index in [1.54, 1.807) is 16.7 Å². The van der Waals surface area contributed by atoms with Gasteiger partial charge in [-0.05, 0) is 65.5 Å². The Labute approximate surface area is 246 Å². The molecule has 0 aliphatic carbocycles. The number of fused-ring (bicyclic) bond motifs is 4. The highest BCUT2D eigenvalue weighted by atomic mass is 32.1. The van der Waals surface area contributed by atoms with Crippen molar-refractivity contribution in [1.82, 2.24) is 24.9 Å². The summed E-state index contributed by atoms with van der Waals surface area (Å²) >= 11 is 1.52. The van der Waals surface area contributed by atoms with E-state index >= 15 is 0 Å². The number of aromatic nitrogens is 5. The average molecular weight is 582 g/mol. The highest BCUT2D eigenvalue weighted by Gasteiger charge is 2.28. The summed E-state index contributed by atoms with van der Waals surface area (Å²) in [5.74, 6) is 3.39. The molecule has 1 aliphatic rings. The van der Waals surface area contributed by atoms with E-state index < -0.39 is 0 Å². The summed E-state index contributed by atoms with van der Waals surface area (Å²) in [5, 5.41) is 12.6. The topological polar surface area (TPSA) is 87.6 Å². The fraction of sp³-hybridized carbons (Fsp3) is 0.226. The maximum Gasteiger partial charge on any atom is 0.365 e. The molecule has 0 unspecified atom stereocenters. The standard InChI is InChI=1S/C31H29N6O4S/c1-35(2)15-8-16-39-24-12-7-6-11-23(24)36-33-30(20-13-14-25-27(17-20)41-19-40-25)34-37(36)31-32-29-22-10-5-4-9-21(22)26(38-3)18-28(29)42-31/h4-7,9-14,17-18H,8,15-16,19H2,1-3H3/q+1. The van der Waals surface area contributed by atoms with Gasteiger partial charge in [-0.3, -0.25) is 0 Å². The van der Waals surface area contributed by atoms with Gasteiger partial charge in [-0.15, -0.1) is 0 Å². The zero-order valence-corrected chi connectivity index (χ0v) is 24.3. The monoisotopic (exact) mass is 581 g/mol. The van der Waals surface area contributed by atoms with Crippen LogP contribution in [0.25, 0.3) is 43.2 Å². The van der Waals surface area contributed by atoms with Crippen molar-refractivity contribution < 1.29 is 23.7 Å². The molecule has 4 aromatic carbocycles. The predicted octanol–water partition coefficient (Wildman–Crippen LogP) is 5.04. The van der Waals surface area contributed by atoms with Crippen molar-refractivity contribution >= 4 is 32.3 Å². The number of benzene rings is 4. The summed E-state index contributed by atoms with van der Waals surface area (Å²) in [5.41, 5.74) is 2.43. The number of hydrogen-bond acceptors (Lipinski definition) is 9. The normalized spacial score (nSPS) is 12.5. The molecule has 42 heavy (non-hydrogen) atoms. The molecule has 0 amide bonds. The number of thiazole rings is 1. The molecular formula is C31H29N6O4S+.